The van der Waals surface area contributed by atoms with Crippen molar-refractivity contribution in [2.45, 2.75) is 13.0 Å². The first-order valence-corrected chi connectivity index (χ1v) is 5.21. The molecule has 0 spiro atoms. The maximum Gasteiger partial charge on any atom is 0.244 e. The van der Waals surface area contributed by atoms with Crippen molar-refractivity contribution in [2.24, 2.45) is 0 Å². The zero-order chi connectivity index (χ0) is 11.3. The van der Waals surface area contributed by atoms with Crippen LogP contribution in [0.15, 0.2) is 16.9 Å². The van der Waals surface area contributed by atoms with Gasteiger partial charge in [0.25, 0.3) is 0 Å². The fourth-order valence-electron chi connectivity index (χ4n) is 1.03. The summed E-state index contributed by atoms with van der Waals surface area (Å²) in [5.41, 5.74) is 0. The number of likely N-dealkylation sites (N-methyl/N-ethyl adjacent to an activating group) is 1. The second kappa shape index (κ2) is 5.51. The number of amides is 1. The third-order valence-electron chi connectivity index (χ3n) is 1.88. The first-order valence-electron chi connectivity index (χ1n) is 4.42. The van der Waals surface area contributed by atoms with Crippen LogP contribution >= 0.6 is 15.9 Å². The summed E-state index contributed by atoms with van der Waals surface area (Å²) in [5.74, 6) is -0.0548. The Hall–Kier alpha value is -1.35. The van der Waals surface area contributed by atoms with Gasteiger partial charge in [0, 0.05) is 19.8 Å². The van der Waals surface area contributed by atoms with E-state index in [9.17, 15) is 4.79 Å². The normalized spacial score (nSPS) is 9.67. The van der Waals surface area contributed by atoms with Crippen molar-refractivity contribution >= 4 is 21.8 Å². The van der Waals surface area contributed by atoms with Gasteiger partial charge in [0.15, 0.2) is 0 Å². The third kappa shape index (κ3) is 3.72. The van der Waals surface area contributed by atoms with E-state index in [1.54, 1.807) is 24.1 Å². The van der Waals surface area contributed by atoms with E-state index in [4.69, 9.17) is 5.26 Å². The molecule has 0 N–H and O–H groups in total. The molecule has 1 amide bonds. The molecule has 5 nitrogen and oxygen atoms in total. The molecular weight excluding hydrogens is 260 g/mol. The van der Waals surface area contributed by atoms with E-state index >= 15 is 0 Å². The molecule has 0 atom stereocenters. The number of nitriles is 1. The summed E-state index contributed by atoms with van der Waals surface area (Å²) in [4.78, 5) is 13.1. The van der Waals surface area contributed by atoms with Gasteiger partial charge in [-0.2, -0.15) is 10.4 Å². The number of aromatic nitrogens is 2. The van der Waals surface area contributed by atoms with Crippen molar-refractivity contribution in [2.75, 3.05) is 13.6 Å². The van der Waals surface area contributed by atoms with Crippen molar-refractivity contribution in [3.05, 3.63) is 16.9 Å². The predicted octanol–water partition coefficient (Wildman–Crippen LogP) is 1.02. The molecule has 1 rings (SSSR count). The van der Waals surface area contributed by atoms with Crippen LogP contribution in [-0.4, -0.2) is 34.2 Å². The molecule has 80 valence electrons. The monoisotopic (exact) mass is 270 g/mol. The highest BCUT2D eigenvalue weighted by Crippen LogP contribution is 2.06. The van der Waals surface area contributed by atoms with Crippen LogP contribution in [0.2, 0.25) is 0 Å². The summed E-state index contributed by atoms with van der Waals surface area (Å²) in [5, 5.41) is 12.4. The van der Waals surface area contributed by atoms with Gasteiger partial charge >= 0.3 is 0 Å². The van der Waals surface area contributed by atoms with Crippen molar-refractivity contribution in [3.8, 4) is 6.07 Å². The summed E-state index contributed by atoms with van der Waals surface area (Å²) in [6.45, 7) is 0.658. The number of rotatable bonds is 4. The van der Waals surface area contributed by atoms with Gasteiger partial charge < -0.3 is 4.90 Å². The molecule has 0 saturated carbocycles. The molecule has 6 heteroatoms. The molecule has 0 aliphatic rings. The van der Waals surface area contributed by atoms with Gasteiger partial charge in [-0.1, -0.05) is 0 Å². The summed E-state index contributed by atoms with van der Waals surface area (Å²) in [6, 6.07) is 2.00. The van der Waals surface area contributed by atoms with Crippen LogP contribution in [0, 0.1) is 11.3 Å². The van der Waals surface area contributed by atoms with Crippen LogP contribution in [-0.2, 0) is 11.3 Å². The summed E-state index contributed by atoms with van der Waals surface area (Å²) < 4.78 is 2.39. The first-order chi connectivity index (χ1) is 7.13. The van der Waals surface area contributed by atoms with E-state index in [0.717, 1.165) is 4.47 Å². The average Bonchev–Trinajstić information content (AvgIpc) is 2.60. The maximum absolute atomic E-state index is 11.6. The Labute approximate surface area is 96.4 Å². The summed E-state index contributed by atoms with van der Waals surface area (Å²) in [7, 11) is 1.68. The summed E-state index contributed by atoms with van der Waals surface area (Å²) in [6.07, 6.45) is 3.71. The molecular formula is C9H11BrN4O. The van der Waals surface area contributed by atoms with Gasteiger partial charge in [-0.15, -0.1) is 0 Å². The van der Waals surface area contributed by atoms with Crippen LogP contribution in [0.1, 0.15) is 6.42 Å². The lowest BCUT2D eigenvalue weighted by atomic mass is 10.4. The van der Waals surface area contributed by atoms with Crippen molar-refractivity contribution in [1.82, 2.24) is 14.7 Å². The predicted molar refractivity (Wildman–Crippen MR) is 57.8 cm³/mol. The Balaban J connectivity index is 2.45. The van der Waals surface area contributed by atoms with Gasteiger partial charge in [-0.3, -0.25) is 9.48 Å². The quantitative estimate of drug-likeness (QED) is 0.821. The van der Waals surface area contributed by atoms with E-state index < -0.39 is 0 Å². The SMILES string of the molecule is CN(CCC#N)C(=O)Cn1cc(Br)cn1. The Kier molecular flexibility index (Phi) is 4.31. The third-order valence-corrected chi connectivity index (χ3v) is 2.29. The van der Waals surface area contributed by atoms with E-state index in [-0.39, 0.29) is 12.5 Å². The lowest BCUT2D eigenvalue weighted by Gasteiger charge is -2.14. The van der Waals surface area contributed by atoms with E-state index in [1.165, 1.54) is 4.90 Å². The largest absolute Gasteiger partial charge is 0.343 e. The number of nitrogens with zero attached hydrogens (tertiary/aromatic N) is 4. The second-order valence-electron chi connectivity index (χ2n) is 3.08. The summed E-state index contributed by atoms with van der Waals surface area (Å²) >= 11 is 3.25. The first kappa shape index (κ1) is 11.7. The van der Waals surface area contributed by atoms with Gasteiger partial charge in [0.2, 0.25) is 5.91 Å². The molecule has 0 aliphatic carbocycles. The average molecular weight is 271 g/mol. The Morgan fingerprint density at radius 3 is 3.07 bits per heavy atom. The van der Waals surface area contributed by atoms with E-state index in [2.05, 4.69) is 21.0 Å². The molecule has 0 saturated heterocycles. The van der Waals surface area contributed by atoms with Gasteiger partial charge in [-0.05, 0) is 15.9 Å². The lowest BCUT2D eigenvalue weighted by molar-refractivity contribution is -0.130. The van der Waals surface area contributed by atoms with Crippen LogP contribution in [0.25, 0.3) is 0 Å². The number of carbonyl (C=O) groups excluding carboxylic acids is 1. The Morgan fingerprint density at radius 1 is 1.80 bits per heavy atom. The van der Waals surface area contributed by atoms with E-state index in [1.807, 2.05) is 6.07 Å². The Bertz CT molecular complexity index is 382. The minimum absolute atomic E-state index is 0.0548. The maximum atomic E-state index is 11.6. The molecule has 1 aromatic rings. The zero-order valence-electron chi connectivity index (χ0n) is 8.35. The highest BCUT2D eigenvalue weighted by atomic mass is 79.9. The molecule has 1 heterocycles. The molecule has 0 aromatic carbocycles. The minimum atomic E-state index is -0.0548. The van der Waals surface area contributed by atoms with E-state index in [0.29, 0.717) is 13.0 Å². The number of carbonyl (C=O) groups is 1. The number of hydrogen-bond acceptors (Lipinski definition) is 3. The number of hydrogen-bond donors (Lipinski definition) is 0. The van der Waals surface area contributed by atoms with Crippen LogP contribution < -0.4 is 0 Å². The van der Waals surface area contributed by atoms with Gasteiger partial charge in [0.05, 0.1) is 23.2 Å². The molecule has 0 bridgehead atoms. The fraction of sp³-hybridized carbons (Fsp3) is 0.444. The van der Waals surface area contributed by atoms with Crippen molar-refractivity contribution in [3.63, 3.8) is 0 Å². The standard InChI is InChI=1S/C9H11BrN4O/c1-13(4-2-3-11)9(15)7-14-6-8(10)5-12-14/h5-6H,2,4,7H2,1H3. The van der Waals surface area contributed by atoms with Crippen LogP contribution in [0.4, 0.5) is 0 Å². The molecule has 0 fully saturated rings. The zero-order valence-corrected chi connectivity index (χ0v) is 9.94. The van der Waals surface area contributed by atoms with Crippen molar-refractivity contribution in [1.29, 1.82) is 5.26 Å². The smallest absolute Gasteiger partial charge is 0.244 e. The fourth-order valence-corrected chi connectivity index (χ4v) is 1.35. The lowest BCUT2D eigenvalue weighted by Crippen LogP contribution is -2.31. The second-order valence-corrected chi connectivity index (χ2v) is 4.00. The Morgan fingerprint density at radius 2 is 2.53 bits per heavy atom. The molecule has 0 unspecified atom stereocenters. The highest BCUT2D eigenvalue weighted by Gasteiger charge is 2.09. The molecule has 15 heavy (non-hydrogen) atoms. The minimum Gasteiger partial charge on any atom is -0.343 e. The van der Waals surface area contributed by atoms with Crippen molar-refractivity contribution < 1.29 is 4.79 Å². The highest BCUT2D eigenvalue weighted by molar-refractivity contribution is 9.10. The molecule has 1 aromatic heterocycles. The van der Waals surface area contributed by atoms with Gasteiger partial charge in [-0.25, -0.2) is 0 Å². The molecule has 0 aliphatic heterocycles. The van der Waals surface area contributed by atoms with Crippen LogP contribution in [0.5, 0.6) is 0 Å². The van der Waals surface area contributed by atoms with Gasteiger partial charge in [0.1, 0.15) is 6.54 Å². The topological polar surface area (TPSA) is 61.9 Å². The van der Waals surface area contributed by atoms with Crippen LogP contribution in [0.3, 0.4) is 0 Å². The number of halogens is 1. The molecule has 0 radical (unpaired) electrons.